The molecule has 1 aromatic rings. The van der Waals surface area contributed by atoms with E-state index in [-0.39, 0.29) is 32.8 Å². The van der Waals surface area contributed by atoms with E-state index in [9.17, 15) is 22.8 Å². The van der Waals surface area contributed by atoms with Gasteiger partial charge in [0.05, 0.1) is 33.7 Å². The van der Waals surface area contributed by atoms with Gasteiger partial charge in [-0.25, -0.2) is 8.42 Å². The molecule has 1 atom stereocenters. The number of fused-ring (bicyclic) bond motifs is 1. The Morgan fingerprint density at radius 2 is 1.96 bits per heavy atom. The van der Waals surface area contributed by atoms with Crippen LogP contribution in [0.4, 0.5) is 5.69 Å². The Balaban J connectivity index is 1.77. The molecule has 8 nitrogen and oxygen atoms in total. The van der Waals surface area contributed by atoms with Gasteiger partial charge in [0.2, 0.25) is 5.91 Å². The van der Waals surface area contributed by atoms with Crippen LogP contribution in [-0.2, 0) is 24.2 Å². The molecule has 0 spiro atoms. The Kier molecular flexibility index (Phi) is 4.55. The SMILES string of the molecule is NC(=O)CN1C(=O)/C(=C2\SC(=S)N([C@@H]3CCS(=O)(=O)C3)C2=O)c2ccccc21. The zero-order chi connectivity index (χ0) is 20.2. The maximum atomic E-state index is 13.1. The van der Waals surface area contributed by atoms with Gasteiger partial charge in [-0.3, -0.25) is 24.2 Å². The van der Waals surface area contributed by atoms with Crippen LogP contribution in [0.2, 0.25) is 0 Å². The predicted octanol–water partition coefficient (Wildman–Crippen LogP) is 0.277. The molecule has 146 valence electrons. The van der Waals surface area contributed by atoms with Crippen molar-refractivity contribution in [2.45, 2.75) is 12.5 Å². The van der Waals surface area contributed by atoms with E-state index in [0.29, 0.717) is 17.7 Å². The third-order valence-corrected chi connectivity index (χ3v) is 7.99. The van der Waals surface area contributed by atoms with Crippen LogP contribution in [0.5, 0.6) is 0 Å². The molecule has 2 saturated heterocycles. The van der Waals surface area contributed by atoms with Gasteiger partial charge in [0.1, 0.15) is 10.9 Å². The molecule has 2 N–H and O–H groups in total. The van der Waals surface area contributed by atoms with Crippen LogP contribution >= 0.6 is 24.0 Å². The minimum absolute atomic E-state index is 0.00872. The van der Waals surface area contributed by atoms with Gasteiger partial charge in [-0.05, 0) is 12.5 Å². The van der Waals surface area contributed by atoms with Crippen molar-refractivity contribution in [2.75, 3.05) is 23.0 Å². The van der Waals surface area contributed by atoms with E-state index >= 15 is 0 Å². The van der Waals surface area contributed by atoms with E-state index < -0.39 is 33.6 Å². The number of carbonyl (C=O) groups excluding carboxylic acids is 3. The Bertz CT molecular complexity index is 1080. The number of amides is 3. The minimum atomic E-state index is -3.20. The first-order valence-electron chi connectivity index (χ1n) is 8.39. The standard InChI is InChI=1S/C17H15N3O5S3/c18-12(21)7-19-11-4-2-1-3-10(11)13(15(19)22)14-16(23)20(17(26)27-14)9-5-6-28(24,25)8-9/h1-4,9H,5-8H2,(H2,18,21)/b14-13-/t9-/m1/s1. The number of anilines is 1. The summed E-state index contributed by atoms with van der Waals surface area (Å²) in [7, 11) is -3.20. The molecular formula is C17H15N3O5S3. The van der Waals surface area contributed by atoms with E-state index in [0.717, 1.165) is 11.8 Å². The predicted molar refractivity (Wildman–Crippen MR) is 109 cm³/mol. The van der Waals surface area contributed by atoms with Crippen LogP contribution in [0, 0.1) is 0 Å². The number of hydrogen-bond acceptors (Lipinski definition) is 7. The van der Waals surface area contributed by atoms with Gasteiger partial charge < -0.3 is 5.73 Å². The van der Waals surface area contributed by atoms with Gasteiger partial charge >= 0.3 is 0 Å². The fourth-order valence-electron chi connectivity index (χ4n) is 3.64. The van der Waals surface area contributed by atoms with Crippen LogP contribution in [0.25, 0.3) is 5.57 Å². The normalized spacial score (nSPS) is 26.3. The van der Waals surface area contributed by atoms with E-state index in [1.54, 1.807) is 24.3 Å². The summed E-state index contributed by atoms with van der Waals surface area (Å²) in [5.74, 6) is -1.78. The molecule has 1 aromatic carbocycles. The highest BCUT2D eigenvalue weighted by Crippen LogP contribution is 2.45. The number of rotatable bonds is 3. The molecule has 0 aromatic heterocycles. The average Bonchev–Trinajstić information content (AvgIpc) is 3.20. The van der Waals surface area contributed by atoms with Crippen LogP contribution in [0.15, 0.2) is 29.2 Å². The van der Waals surface area contributed by atoms with E-state index in [4.69, 9.17) is 18.0 Å². The number of carbonyl (C=O) groups is 3. The third kappa shape index (κ3) is 3.03. The second-order valence-electron chi connectivity index (χ2n) is 6.68. The molecule has 0 bridgehead atoms. The summed E-state index contributed by atoms with van der Waals surface area (Å²) >= 11 is 6.30. The largest absolute Gasteiger partial charge is 0.368 e. The van der Waals surface area contributed by atoms with Gasteiger partial charge in [0.15, 0.2) is 9.84 Å². The molecule has 11 heteroatoms. The summed E-state index contributed by atoms with van der Waals surface area (Å²) in [6.07, 6.45) is 0.315. The number of hydrogen-bond donors (Lipinski definition) is 1. The minimum Gasteiger partial charge on any atom is -0.368 e. The lowest BCUT2D eigenvalue weighted by Gasteiger charge is -2.21. The highest BCUT2D eigenvalue weighted by Gasteiger charge is 2.46. The molecule has 28 heavy (non-hydrogen) atoms. The highest BCUT2D eigenvalue weighted by atomic mass is 32.2. The Hall–Kier alpha value is -2.24. The number of nitrogens with two attached hydrogens (primary N) is 1. The van der Waals surface area contributed by atoms with Gasteiger partial charge in [-0.1, -0.05) is 42.2 Å². The second kappa shape index (κ2) is 6.68. The molecule has 3 aliphatic rings. The van der Waals surface area contributed by atoms with Crippen molar-refractivity contribution in [3.8, 4) is 0 Å². The van der Waals surface area contributed by atoms with Crippen LogP contribution < -0.4 is 10.6 Å². The van der Waals surface area contributed by atoms with Crippen LogP contribution in [0.1, 0.15) is 12.0 Å². The first kappa shape index (κ1) is 19.1. The summed E-state index contributed by atoms with van der Waals surface area (Å²) in [6, 6.07) is 6.29. The second-order valence-corrected chi connectivity index (χ2v) is 10.6. The molecule has 0 radical (unpaired) electrons. The van der Waals surface area contributed by atoms with Gasteiger partial charge in [0.25, 0.3) is 11.8 Å². The smallest absolute Gasteiger partial charge is 0.267 e. The fourth-order valence-corrected chi connectivity index (χ4v) is 6.81. The van der Waals surface area contributed by atoms with Crippen LogP contribution in [0.3, 0.4) is 0 Å². The fraction of sp³-hybridized carbons (Fsp3) is 0.294. The lowest BCUT2D eigenvalue weighted by atomic mass is 10.1. The number of thiocarbonyl (C=S) groups is 1. The number of primary amides is 1. The molecule has 3 heterocycles. The summed E-state index contributed by atoms with van der Waals surface area (Å²) in [6.45, 7) is -0.305. The zero-order valence-electron chi connectivity index (χ0n) is 14.5. The molecule has 0 aliphatic carbocycles. The van der Waals surface area contributed by atoms with Gasteiger partial charge in [-0.2, -0.15) is 0 Å². The number of benzene rings is 1. The number of thioether (sulfide) groups is 1. The highest BCUT2D eigenvalue weighted by molar-refractivity contribution is 8.26. The van der Waals surface area contributed by atoms with Crippen molar-refractivity contribution in [3.63, 3.8) is 0 Å². The molecule has 3 aliphatic heterocycles. The van der Waals surface area contributed by atoms with Crippen molar-refractivity contribution in [1.29, 1.82) is 0 Å². The maximum absolute atomic E-state index is 13.1. The van der Waals surface area contributed by atoms with Gasteiger partial charge in [-0.15, -0.1) is 0 Å². The third-order valence-electron chi connectivity index (χ3n) is 4.84. The van der Waals surface area contributed by atoms with Crippen molar-refractivity contribution in [2.24, 2.45) is 5.73 Å². The Morgan fingerprint density at radius 3 is 2.61 bits per heavy atom. The maximum Gasteiger partial charge on any atom is 0.267 e. The molecule has 4 rings (SSSR count). The Morgan fingerprint density at radius 1 is 1.25 bits per heavy atom. The Labute approximate surface area is 170 Å². The van der Waals surface area contributed by atoms with Crippen molar-refractivity contribution in [1.82, 2.24) is 4.90 Å². The zero-order valence-corrected chi connectivity index (χ0v) is 16.9. The molecular weight excluding hydrogens is 422 g/mol. The topological polar surface area (TPSA) is 118 Å². The number of sulfone groups is 1. The summed E-state index contributed by atoms with van der Waals surface area (Å²) < 4.78 is 23.8. The quantitative estimate of drug-likeness (QED) is 0.533. The molecule has 3 amide bonds. The average molecular weight is 438 g/mol. The monoisotopic (exact) mass is 437 g/mol. The summed E-state index contributed by atoms with van der Waals surface area (Å²) in [5.41, 5.74) is 6.44. The lowest BCUT2D eigenvalue weighted by Crippen LogP contribution is -2.39. The van der Waals surface area contributed by atoms with Crippen molar-refractivity contribution >= 4 is 67.1 Å². The van der Waals surface area contributed by atoms with E-state index in [1.165, 1.54) is 9.80 Å². The molecule has 0 unspecified atom stereocenters. The summed E-state index contributed by atoms with van der Waals surface area (Å²) in [4.78, 5) is 40.2. The van der Waals surface area contributed by atoms with Crippen LogP contribution in [-0.4, -0.2) is 59.5 Å². The molecule has 0 saturated carbocycles. The summed E-state index contributed by atoms with van der Waals surface area (Å²) in [5, 5.41) is 0. The number of para-hydroxylation sites is 1. The first-order chi connectivity index (χ1) is 13.2. The van der Waals surface area contributed by atoms with E-state index in [2.05, 4.69) is 0 Å². The van der Waals surface area contributed by atoms with E-state index in [1.807, 2.05) is 0 Å². The number of nitrogens with zero attached hydrogens (tertiary/aromatic N) is 2. The van der Waals surface area contributed by atoms with Gasteiger partial charge in [0, 0.05) is 5.56 Å². The van der Waals surface area contributed by atoms with Crippen molar-refractivity contribution in [3.05, 3.63) is 34.7 Å². The van der Waals surface area contributed by atoms with Crippen molar-refractivity contribution < 1.29 is 22.8 Å². The first-order valence-corrected chi connectivity index (χ1v) is 11.4. The lowest BCUT2D eigenvalue weighted by molar-refractivity contribution is -0.123. The molecule has 2 fully saturated rings.